The van der Waals surface area contributed by atoms with Gasteiger partial charge in [0.25, 0.3) is 11.8 Å². The van der Waals surface area contributed by atoms with E-state index in [9.17, 15) is 14.4 Å². The van der Waals surface area contributed by atoms with E-state index in [1.54, 1.807) is 19.1 Å². The number of nitrogens with zero attached hydrogens (tertiary/aromatic N) is 1. The Hall–Kier alpha value is -2.67. The van der Waals surface area contributed by atoms with Gasteiger partial charge in [0.1, 0.15) is 11.2 Å². The summed E-state index contributed by atoms with van der Waals surface area (Å²) in [4.78, 5) is 38.4. The van der Waals surface area contributed by atoms with Crippen LogP contribution in [-0.4, -0.2) is 30.4 Å². The van der Waals surface area contributed by atoms with Crippen LogP contribution >= 0.6 is 0 Å². The number of carbonyl (C=O) groups is 3. The minimum absolute atomic E-state index is 0.0283. The number of hydrazine groups is 1. The molecule has 2 N–H and O–H groups in total. The number of nitrogens with one attached hydrogen (secondary N) is 2. The molecule has 0 aromatic heterocycles. The van der Waals surface area contributed by atoms with E-state index in [2.05, 4.69) is 15.6 Å². The van der Waals surface area contributed by atoms with E-state index in [1.807, 2.05) is 19.1 Å². The second kappa shape index (κ2) is 4.67. The van der Waals surface area contributed by atoms with Crippen LogP contribution in [0.4, 0.5) is 5.69 Å². The van der Waals surface area contributed by atoms with Crippen molar-refractivity contribution in [2.45, 2.75) is 19.4 Å². The molecule has 7 heteroatoms. The average molecular weight is 301 g/mol. The number of imide groups is 1. The first-order valence-electron chi connectivity index (χ1n) is 6.72. The van der Waals surface area contributed by atoms with Crippen molar-refractivity contribution in [3.05, 3.63) is 41.1 Å². The van der Waals surface area contributed by atoms with Crippen molar-refractivity contribution in [3.63, 3.8) is 0 Å². The van der Waals surface area contributed by atoms with Gasteiger partial charge in [0.2, 0.25) is 0 Å². The van der Waals surface area contributed by atoms with Gasteiger partial charge in [-0.05, 0) is 25.5 Å². The van der Waals surface area contributed by atoms with Crippen molar-refractivity contribution in [2.75, 3.05) is 12.0 Å². The summed E-state index contributed by atoms with van der Waals surface area (Å²) in [5, 5.41) is 0. The number of hydrogen-bond donors (Lipinski definition) is 2. The minimum Gasteiger partial charge on any atom is -0.464 e. The zero-order valence-corrected chi connectivity index (χ0v) is 12.4. The van der Waals surface area contributed by atoms with Crippen molar-refractivity contribution in [1.82, 2.24) is 10.9 Å². The smallest absolute Gasteiger partial charge is 0.356 e. The van der Waals surface area contributed by atoms with Gasteiger partial charge in [-0.15, -0.1) is 0 Å². The van der Waals surface area contributed by atoms with Gasteiger partial charge in [-0.3, -0.25) is 9.59 Å². The van der Waals surface area contributed by atoms with Crippen molar-refractivity contribution >= 4 is 23.5 Å². The Labute approximate surface area is 126 Å². The van der Waals surface area contributed by atoms with E-state index in [1.165, 1.54) is 7.11 Å². The predicted molar refractivity (Wildman–Crippen MR) is 77.4 cm³/mol. The summed E-state index contributed by atoms with van der Waals surface area (Å²) >= 11 is 0. The lowest BCUT2D eigenvalue weighted by Crippen LogP contribution is -2.51. The van der Waals surface area contributed by atoms with Crippen LogP contribution in [0.15, 0.2) is 35.5 Å². The molecule has 1 unspecified atom stereocenters. The van der Waals surface area contributed by atoms with Crippen molar-refractivity contribution < 1.29 is 19.1 Å². The Kier molecular flexibility index (Phi) is 3.03. The number of para-hydroxylation sites is 1. The maximum Gasteiger partial charge on any atom is 0.356 e. The number of rotatable bonds is 2. The van der Waals surface area contributed by atoms with Gasteiger partial charge in [-0.2, -0.15) is 0 Å². The van der Waals surface area contributed by atoms with Crippen LogP contribution in [0.3, 0.4) is 0 Å². The number of aryl methyl sites for hydroxylation is 1. The molecule has 0 aliphatic carbocycles. The van der Waals surface area contributed by atoms with Crippen molar-refractivity contribution in [1.29, 1.82) is 0 Å². The number of methoxy groups -OCH3 is 1. The maximum absolute atomic E-state index is 12.7. The first kappa shape index (κ1) is 14.3. The number of ether oxygens (including phenoxy) is 1. The van der Waals surface area contributed by atoms with Crippen LogP contribution in [0, 0.1) is 6.92 Å². The third-order valence-electron chi connectivity index (χ3n) is 3.98. The fourth-order valence-electron chi connectivity index (χ4n) is 2.76. The van der Waals surface area contributed by atoms with Crippen LogP contribution < -0.4 is 15.8 Å². The zero-order chi connectivity index (χ0) is 16.1. The van der Waals surface area contributed by atoms with Crippen LogP contribution in [0.2, 0.25) is 0 Å². The largest absolute Gasteiger partial charge is 0.464 e. The number of fused-ring (bicyclic) bond motifs is 1. The molecule has 1 fully saturated rings. The third-order valence-corrected chi connectivity index (χ3v) is 3.98. The summed E-state index contributed by atoms with van der Waals surface area (Å²) < 4.78 is 4.65. The maximum atomic E-state index is 12.7. The summed E-state index contributed by atoms with van der Waals surface area (Å²) in [6, 6.07) is 7.08. The Morgan fingerprint density at radius 1 is 1.27 bits per heavy atom. The number of amides is 2. The van der Waals surface area contributed by atoms with E-state index in [0.29, 0.717) is 5.69 Å². The highest BCUT2D eigenvalue weighted by Crippen LogP contribution is 2.38. The van der Waals surface area contributed by atoms with Gasteiger partial charge in [0, 0.05) is 0 Å². The van der Waals surface area contributed by atoms with E-state index in [4.69, 9.17) is 0 Å². The monoisotopic (exact) mass is 301 g/mol. The minimum atomic E-state index is -1.29. The van der Waals surface area contributed by atoms with E-state index < -0.39 is 23.3 Å². The van der Waals surface area contributed by atoms with Crippen LogP contribution in [0.25, 0.3) is 0 Å². The summed E-state index contributed by atoms with van der Waals surface area (Å²) in [6.07, 6.45) is 0. The molecule has 1 atom stereocenters. The number of anilines is 1. The summed E-state index contributed by atoms with van der Waals surface area (Å²) in [7, 11) is 1.22. The van der Waals surface area contributed by atoms with Crippen LogP contribution in [0.5, 0.6) is 0 Å². The molecule has 22 heavy (non-hydrogen) atoms. The SMILES string of the molecule is COC(=O)C1=C2C(=O)N(c3ccccc3C)C(=O)C2(C)NN1. The Morgan fingerprint density at radius 2 is 1.95 bits per heavy atom. The molecular weight excluding hydrogens is 286 g/mol. The second-order valence-electron chi connectivity index (χ2n) is 5.35. The Balaban J connectivity index is 2.16. The van der Waals surface area contributed by atoms with Crippen LogP contribution in [-0.2, 0) is 19.1 Å². The number of esters is 1. The molecule has 7 nitrogen and oxygen atoms in total. The van der Waals surface area contributed by atoms with Gasteiger partial charge < -0.3 is 10.2 Å². The summed E-state index contributed by atoms with van der Waals surface area (Å²) in [5.74, 6) is -1.66. The number of benzene rings is 1. The van der Waals surface area contributed by atoms with Crippen molar-refractivity contribution in [3.8, 4) is 0 Å². The zero-order valence-electron chi connectivity index (χ0n) is 12.4. The highest BCUT2D eigenvalue weighted by molar-refractivity contribution is 6.34. The first-order valence-corrected chi connectivity index (χ1v) is 6.72. The lowest BCUT2D eigenvalue weighted by Gasteiger charge is -2.21. The first-order chi connectivity index (χ1) is 10.4. The molecular formula is C15H15N3O4. The molecule has 0 spiro atoms. The lowest BCUT2D eigenvalue weighted by molar-refractivity contribution is -0.137. The Morgan fingerprint density at radius 3 is 2.59 bits per heavy atom. The van der Waals surface area contributed by atoms with E-state index in [0.717, 1.165) is 10.5 Å². The number of carbonyl (C=O) groups excluding carboxylic acids is 3. The normalized spacial score (nSPS) is 23.7. The van der Waals surface area contributed by atoms with Gasteiger partial charge in [-0.25, -0.2) is 15.1 Å². The Bertz CT molecular complexity index is 740. The second-order valence-corrected chi connectivity index (χ2v) is 5.35. The molecule has 0 bridgehead atoms. The average Bonchev–Trinajstić information content (AvgIpc) is 2.95. The summed E-state index contributed by atoms with van der Waals surface area (Å²) in [5.41, 5.74) is 5.36. The molecule has 2 aliphatic rings. The van der Waals surface area contributed by atoms with Gasteiger partial charge in [0.05, 0.1) is 18.4 Å². The molecule has 0 saturated carbocycles. The quantitative estimate of drug-likeness (QED) is 0.598. The fraction of sp³-hybridized carbons (Fsp3) is 0.267. The number of hydrogen-bond acceptors (Lipinski definition) is 6. The van der Waals surface area contributed by atoms with Crippen LogP contribution in [0.1, 0.15) is 12.5 Å². The highest BCUT2D eigenvalue weighted by atomic mass is 16.5. The van der Waals surface area contributed by atoms with E-state index in [-0.39, 0.29) is 11.3 Å². The lowest BCUT2D eigenvalue weighted by atomic mass is 9.95. The molecule has 0 radical (unpaired) electrons. The molecule has 1 aromatic rings. The molecule has 1 aromatic carbocycles. The van der Waals surface area contributed by atoms with Gasteiger partial charge >= 0.3 is 5.97 Å². The fourth-order valence-corrected chi connectivity index (χ4v) is 2.76. The molecule has 2 heterocycles. The topological polar surface area (TPSA) is 87.7 Å². The predicted octanol–water partition coefficient (Wildman–Crippen LogP) is 0.162. The molecule has 114 valence electrons. The molecule has 1 saturated heterocycles. The standard InChI is InChI=1S/C15H15N3O4/c1-8-6-4-5-7-9(8)18-12(19)10-11(13(20)22-3)16-17-15(10,2)14(18)21/h4-7,16-17H,1-3H3. The third kappa shape index (κ3) is 1.69. The van der Waals surface area contributed by atoms with Crippen molar-refractivity contribution in [2.24, 2.45) is 0 Å². The van der Waals surface area contributed by atoms with Gasteiger partial charge in [-0.1, -0.05) is 18.2 Å². The van der Waals surface area contributed by atoms with Gasteiger partial charge in [0.15, 0.2) is 0 Å². The summed E-state index contributed by atoms with van der Waals surface area (Å²) in [6.45, 7) is 3.37. The van der Waals surface area contributed by atoms with E-state index >= 15 is 0 Å². The highest BCUT2D eigenvalue weighted by Gasteiger charge is 2.59. The molecule has 2 amide bonds. The molecule has 3 rings (SSSR count). The molecule has 2 aliphatic heterocycles.